The Morgan fingerprint density at radius 3 is 2.40 bits per heavy atom. The number of rotatable bonds is 5. The van der Waals surface area contributed by atoms with Crippen LogP contribution in [0.15, 0.2) is 18.2 Å². The van der Waals surface area contributed by atoms with Crippen LogP contribution in [0.3, 0.4) is 0 Å². The molecule has 0 saturated heterocycles. The van der Waals surface area contributed by atoms with Gasteiger partial charge in [0.2, 0.25) is 0 Å². The standard InChI is InChI=1S/C17H26O3/c1-12(2)11-20-15-8-7-14(17(3,4)5)9-13(15)10-16(18)19-6/h7-9,12H,10-11H2,1-6H3. The van der Waals surface area contributed by atoms with E-state index < -0.39 is 0 Å². The SMILES string of the molecule is COC(=O)Cc1cc(C(C)(C)C)ccc1OCC(C)C. The van der Waals surface area contributed by atoms with Gasteiger partial charge in [0.15, 0.2) is 0 Å². The summed E-state index contributed by atoms with van der Waals surface area (Å²) >= 11 is 0. The molecule has 0 heterocycles. The van der Waals surface area contributed by atoms with E-state index in [1.165, 1.54) is 12.7 Å². The predicted octanol–water partition coefficient (Wildman–Crippen LogP) is 3.73. The zero-order valence-corrected chi connectivity index (χ0v) is 13.4. The monoisotopic (exact) mass is 278 g/mol. The molecule has 1 aromatic rings. The number of carbonyl (C=O) groups is 1. The molecule has 0 amide bonds. The first-order valence-electron chi connectivity index (χ1n) is 7.07. The number of methoxy groups -OCH3 is 1. The molecule has 0 aliphatic carbocycles. The molecule has 0 fully saturated rings. The van der Waals surface area contributed by atoms with Crippen LogP contribution in [0, 0.1) is 5.92 Å². The van der Waals surface area contributed by atoms with E-state index in [1.54, 1.807) is 0 Å². The van der Waals surface area contributed by atoms with E-state index in [9.17, 15) is 4.79 Å². The van der Waals surface area contributed by atoms with E-state index in [-0.39, 0.29) is 17.8 Å². The van der Waals surface area contributed by atoms with Gasteiger partial charge < -0.3 is 9.47 Å². The second-order valence-electron chi connectivity index (χ2n) is 6.53. The Kier molecular flexibility index (Phi) is 5.61. The molecule has 1 rings (SSSR count). The lowest BCUT2D eigenvalue weighted by atomic mass is 9.85. The maximum absolute atomic E-state index is 11.6. The lowest BCUT2D eigenvalue weighted by molar-refractivity contribution is -0.139. The van der Waals surface area contributed by atoms with Crippen LogP contribution in [-0.2, 0) is 21.4 Å². The van der Waals surface area contributed by atoms with Gasteiger partial charge in [-0.2, -0.15) is 0 Å². The molecule has 1 aromatic carbocycles. The number of benzene rings is 1. The summed E-state index contributed by atoms with van der Waals surface area (Å²) in [6, 6.07) is 6.07. The van der Waals surface area contributed by atoms with Gasteiger partial charge in [0, 0.05) is 5.56 Å². The highest BCUT2D eigenvalue weighted by molar-refractivity contribution is 5.73. The van der Waals surface area contributed by atoms with Crippen molar-refractivity contribution in [2.75, 3.05) is 13.7 Å². The zero-order valence-electron chi connectivity index (χ0n) is 13.4. The minimum atomic E-state index is -0.245. The first kappa shape index (κ1) is 16.5. The zero-order chi connectivity index (χ0) is 15.3. The molecule has 112 valence electrons. The van der Waals surface area contributed by atoms with Crippen LogP contribution >= 0.6 is 0 Å². The third-order valence-corrected chi connectivity index (χ3v) is 3.06. The predicted molar refractivity (Wildman–Crippen MR) is 81.2 cm³/mol. The molecule has 0 unspecified atom stereocenters. The van der Waals surface area contributed by atoms with E-state index in [0.29, 0.717) is 12.5 Å². The second-order valence-corrected chi connectivity index (χ2v) is 6.53. The van der Waals surface area contributed by atoms with Crippen molar-refractivity contribution in [3.63, 3.8) is 0 Å². The Morgan fingerprint density at radius 2 is 1.90 bits per heavy atom. The first-order valence-corrected chi connectivity index (χ1v) is 7.07. The van der Waals surface area contributed by atoms with Crippen molar-refractivity contribution in [3.05, 3.63) is 29.3 Å². The summed E-state index contributed by atoms with van der Waals surface area (Å²) in [7, 11) is 1.41. The van der Waals surface area contributed by atoms with Crippen LogP contribution in [0.25, 0.3) is 0 Å². The molecule has 0 aliphatic rings. The van der Waals surface area contributed by atoms with Gasteiger partial charge in [-0.25, -0.2) is 0 Å². The fourth-order valence-corrected chi connectivity index (χ4v) is 1.81. The fourth-order valence-electron chi connectivity index (χ4n) is 1.81. The van der Waals surface area contributed by atoms with Gasteiger partial charge in [0.1, 0.15) is 5.75 Å². The van der Waals surface area contributed by atoms with Crippen LogP contribution in [0.4, 0.5) is 0 Å². The minimum Gasteiger partial charge on any atom is -0.493 e. The Bertz CT molecular complexity index is 456. The number of ether oxygens (including phenoxy) is 2. The quantitative estimate of drug-likeness (QED) is 0.770. The van der Waals surface area contributed by atoms with Crippen LogP contribution in [0.1, 0.15) is 45.7 Å². The third kappa shape index (κ3) is 4.87. The molecule has 0 radical (unpaired) electrons. The van der Waals surface area contributed by atoms with Gasteiger partial charge >= 0.3 is 5.97 Å². The Labute approximate surface area is 122 Å². The van der Waals surface area contributed by atoms with Crippen molar-refractivity contribution < 1.29 is 14.3 Å². The summed E-state index contributed by atoms with van der Waals surface area (Å²) in [5.41, 5.74) is 2.12. The molecule has 0 aromatic heterocycles. The number of esters is 1. The molecular formula is C17H26O3. The summed E-state index contributed by atoms with van der Waals surface area (Å²) in [5, 5.41) is 0. The first-order chi connectivity index (χ1) is 9.24. The van der Waals surface area contributed by atoms with Gasteiger partial charge in [0.05, 0.1) is 20.1 Å². The van der Waals surface area contributed by atoms with Gasteiger partial charge in [-0.05, 0) is 23.0 Å². The molecule has 0 bridgehead atoms. The van der Waals surface area contributed by atoms with Crippen molar-refractivity contribution >= 4 is 5.97 Å². The largest absolute Gasteiger partial charge is 0.493 e. The van der Waals surface area contributed by atoms with Crippen molar-refractivity contribution in [1.29, 1.82) is 0 Å². The normalized spacial score (nSPS) is 11.6. The Morgan fingerprint density at radius 1 is 1.25 bits per heavy atom. The van der Waals surface area contributed by atoms with Crippen molar-refractivity contribution in [3.8, 4) is 5.75 Å². The van der Waals surface area contributed by atoms with Gasteiger partial charge in [0.25, 0.3) is 0 Å². The lowest BCUT2D eigenvalue weighted by Gasteiger charge is -2.21. The summed E-state index contributed by atoms with van der Waals surface area (Å²) in [6.07, 6.45) is 0.244. The molecular weight excluding hydrogens is 252 g/mol. The van der Waals surface area contributed by atoms with E-state index >= 15 is 0 Å². The van der Waals surface area contributed by atoms with Crippen LogP contribution in [0.2, 0.25) is 0 Å². The number of carbonyl (C=O) groups excluding carboxylic acids is 1. The maximum atomic E-state index is 11.6. The molecule has 0 spiro atoms. The highest BCUT2D eigenvalue weighted by Crippen LogP contribution is 2.28. The third-order valence-electron chi connectivity index (χ3n) is 3.06. The molecule has 0 aliphatic heterocycles. The molecule has 0 N–H and O–H groups in total. The summed E-state index contributed by atoms with van der Waals surface area (Å²) in [5.74, 6) is 0.978. The lowest BCUT2D eigenvalue weighted by Crippen LogP contribution is -2.14. The van der Waals surface area contributed by atoms with E-state index in [4.69, 9.17) is 9.47 Å². The second kappa shape index (κ2) is 6.78. The smallest absolute Gasteiger partial charge is 0.310 e. The molecule has 0 saturated carbocycles. The van der Waals surface area contributed by atoms with Crippen LogP contribution in [0.5, 0.6) is 5.75 Å². The van der Waals surface area contributed by atoms with Gasteiger partial charge in [-0.15, -0.1) is 0 Å². The van der Waals surface area contributed by atoms with Gasteiger partial charge in [-0.1, -0.05) is 46.8 Å². The number of hydrogen-bond acceptors (Lipinski definition) is 3. The minimum absolute atomic E-state index is 0.0431. The average Bonchev–Trinajstić information content (AvgIpc) is 2.35. The summed E-state index contributed by atoms with van der Waals surface area (Å²) < 4.78 is 10.6. The highest BCUT2D eigenvalue weighted by atomic mass is 16.5. The van der Waals surface area contributed by atoms with E-state index in [2.05, 4.69) is 40.7 Å². The summed E-state index contributed by atoms with van der Waals surface area (Å²) in [4.78, 5) is 11.6. The van der Waals surface area contributed by atoms with Crippen LogP contribution in [-0.4, -0.2) is 19.7 Å². The maximum Gasteiger partial charge on any atom is 0.310 e. The fraction of sp³-hybridized carbons (Fsp3) is 0.588. The van der Waals surface area contributed by atoms with Crippen molar-refractivity contribution in [2.45, 2.75) is 46.5 Å². The Balaban J connectivity index is 3.06. The topological polar surface area (TPSA) is 35.5 Å². The highest BCUT2D eigenvalue weighted by Gasteiger charge is 2.17. The van der Waals surface area contributed by atoms with Gasteiger partial charge in [-0.3, -0.25) is 4.79 Å². The molecule has 3 nitrogen and oxygen atoms in total. The average molecular weight is 278 g/mol. The van der Waals surface area contributed by atoms with E-state index in [1.807, 2.05) is 12.1 Å². The molecule has 3 heteroatoms. The van der Waals surface area contributed by atoms with Crippen molar-refractivity contribution in [1.82, 2.24) is 0 Å². The number of hydrogen-bond donors (Lipinski definition) is 0. The Hall–Kier alpha value is -1.51. The summed E-state index contributed by atoms with van der Waals surface area (Å²) in [6.45, 7) is 11.3. The van der Waals surface area contributed by atoms with E-state index in [0.717, 1.165) is 11.3 Å². The molecule has 0 atom stereocenters. The van der Waals surface area contributed by atoms with Crippen LogP contribution < -0.4 is 4.74 Å². The molecule has 20 heavy (non-hydrogen) atoms. The van der Waals surface area contributed by atoms with Crippen molar-refractivity contribution in [2.24, 2.45) is 5.92 Å².